The van der Waals surface area contributed by atoms with Crippen molar-refractivity contribution in [3.05, 3.63) is 70.9 Å². The normalized spacial score (nSPS) is 21.1. The fourth-order valence-corrected chi connectivity index (χ4v) is 7.40. The molecular weight excluding hydrogens is 507 g/mol. The molecule has 3 aromatic rings. The molecule has 5 rings (SSSR count). The molecule has 2 atom stereocenters. The van der Waals surface area contributed by atoms with Gasteiger partial charge >= 0.3 is 0 Å². The summed E-state index contributed by atoms with van der Waals surface area (Å²) >= 11 is 0. The lowest BCUT2D eigenvalue weighted by atomic mass is 9.92. The van der Waals surface area contributed by atoms with E-state index < -0.39 is 15.6 Å². The fourth-order valence-electron chi connectivity index (χ4n) is 5.76. The number of rotatable bonds is 5. The van der Waals surface area contributed by atoms with Crippen LogP contribution in [0, 0.1) is 17.7 Å². The molecule has 2 aliphatic heterocycles. The van der Waals surface area contributed by atoms with Crippen LogP contribution >= 0.6 is 0 Å². The zero-order valence-electron chi connectivity index (χ0n) is 21.7. The monoisotopic (exact) mass is 540 g/mol. The number of anilines is 1. The van der Waals surface area contributed by atoms with E-state index in [1.165, 1.54) is 21.1 Å². The highest BCUT2D eigenvalue weighted by Crippen LogP contribution is 2.27. The number of aromatic nitrogens is 1. The fraction of sp³-hybridized carbons (Fsp3) is 0.429. The second-order valence-electron chi connectivity index (χ2n) is 10.6. The van der Waals surface area contributed by atoms with E-state index in [1.54, 1.807) is 47.4 Å². The average molecular weight is 541 g/mol. The van der Waals surface area contributed by atoms with Crippen LogP contribution in [0.3, 0.4) is 0 Å². The first-order valence-electron chi connectivity index (χ1n) is 13.0. The van der Waals surface area contributed by atoms with E-state index >= 15 is 0 Å². The standard InChI is InChI=1S/C28H33FN4O4S/c1-20-15-21(2)17-31(16-20)27(34)19-32-18-26(22-7-3-4-8-23(22)28(32)35)38(36,37)33-13-11-30(12-14-33)25-10-6-5-9-24(25)29/h3-10,18,20-21H,11-17,19H2,1-2H3. The highest BCUT2D eigenvalue weighted by Gasteiger charge is 2.32. The Kier molecular flexibility index (Phi) is 7.28. The van der Waals surface area contributed by atoms with Crippen molar-refractivity contribution in [1.29, 1.82) is 0 Å². The molecule has 10 heteroatoms. The Balaban J connectivity index is 1.44. The minimum atomic E-state index is -3.99. The first kappa shape index (κ1) is 26.4. The van der Waals surface area contributed by atoms with E-state index in [1.807, 2.05) is 4.90 Å². The molecule has 8 nitrogen and oxygen atoms in total. The van der Waals surface area contributed by atoms with Gasteiger partial charge in [-0.05, 0) is 36.5 Å². The number of likely N-dealkylation sites (tertiary alicyclic amines) is 1. The Bertz CT molecular complexity index is 1500. The van der Waals surface area contributed by atoms with E-state index in [-0.39, 0.29) is 41.6 Å². The Morgan fingerprint density at radius 3 is 2.18 bits per heavy atom. The minimum absolute atomic E-state index is 0.000205. The highest BCUT2D eigenvalue weighted by molar-refractivity contribution is 7.89. The van der Waals surface area contributed by atoms with Gasteiger partial charge in [-0.25, -0.2) is 12.8 Å². The van der Waals surface area contributed by atoms with Crippen LogP contribution in [-0.4, -0.2) is 67.4 Å². The van der Waals surface area contributed by atoms with Crippen molar-refractivity contribution >= 4 is 32.4 Å². The van der Waals surface area contributed by atoms with Crippen LogP contribution in [0.4, 0.5) is 10.1 Å². The van der Waals surface area contributed by atoms with Crippen LogP contribution in [0.15, 0.2) is 64.4 Å². The number of piperazine rings is 1. The van der Waals surface area contributed by atoms with E-state index in [2.05, 4.69) is 13.8 Å². The summed E-state index contributed by atoms with van der Waals surface area (Å²) in [6.45, 7) is 6.27. The van der Waals surface area contributed by atoms with Gasteiger partial charge in [-0.3, -0.25) is 9.59 Å². The quantitative estimate of drug-likeness (QED) is 0.497. The maximum atomic E-state index is 14.3. The van der Waals surface area contributed by atoms with Gasteiger partial charge in [-0.15, -0.1) is 0 Å². The summed E-state index contributed by atoms with van der Waals surface area (Å²) in [5, 5.41) is 0.588. The summed E-state index contributed by atoms with van der Waals surface area (Å²) in [5.74, 6) is 0.205. The second kappa shape index (κ2) is 10.5. The van der Waals surface area contributed by atoms with Gasteiger partial charge < -0.3 is 14.4 Å². The summed E-state index contributed by atoms with van der Waals surface area (Å²) in [6, 6.07) is 13.1. The lowest BCUT2D eigenvalue weighted by Gasteiger charge is -2.36. The number of carbonyl (C=O) groups excluding carboxylic acids is 1. The molecule has 2 saturated heterocycles. The molecule has 0 N–H and O–H groups in total. The summed E-state index contributed by atoms with van der Waals surface area (Å²) in [7, 11) is -3.99. The van der Waals surface area contributed by atoms with Gasteiger partial charge in [0, 0.05) is 56.2 Å². The third-order valence-electron chi connectivity index (χ3n) is 7.53. The molecule has 0 radical (unpaired) electrons. The van der Waals surface area contributed by atoms with Crippen molar-refractivity contribution in [3.63, 3.8) is 0 Å². The van der Waals surface area contributed by atoms with Crippen LogP contribution in [0.1, 0.15) is 20.3 Å². The van der Waals surface area contributed by atoms with Gasteiger partial charge in [0.25, 0.3) is 5.56 Å². The molecule has 2 unspecified atom stereocenters. The van der Waals surface area contributed by atoms with E-state index in [0.717, 1.165) is 6.42 Å². The number of fused-ring (bicyclic) bond motifs is 1. The van der Waals surface area contributed by atoms with Crippen molar-refractivity contribution in [3.8, 4) is 0 Å². The number of pyridine rings is 1. The maximum Gasteiger partial charge on any atom is 0.258 e. The van der Waals surface area contributed by atoms with Crippen LogP contribution in [-0.2, 0) is 21.4 Å². The molecule has 0 aliphatic carbocycles. The number of piperidine rings is 1. The van der Waals surface area contributed by atoms with Crippen molar-refractivity contribution < 1.29 is 17.6 Å². The molecule has 1 aromatic heterocycles. The zero-order chi connectivity index (χ0) is 27.0. The van der Waals surface area contributed by atoms with Gasteiger partial charge in [0.1, 0.15) is 17.3 Å². The Morgan fingerprint density at radius 2 is 1.53 bits per heavy atom. The van der Waals surface area contributed by atoms with Crippen molar-refractivity contribution in [1.82, 2.24) is 13.8 Å². The number of sulfonamides is 1. The Hall–Kier alpha value is -3.24. The van der Waals surface area contributed by atoms with Gasteiger partial charge in [-0.2, -0.15) is 4.31 Å². The predicted molar refractivity (Wildman–Crippen MR) is 145 cm³/mol. The van der Waals surface area contributed by atoms with Gasteiger partial charge in [0.05, 0.1) is 5.69 Å². The van der Waals surface area contributed by atoms with E-state index in [9.17, 15) is 22.4 Å². The molecule has 0 bridgehead atoms. The van der Waals surface area contributed by atoms with Gasteiger partial charge in [0.15, 0.2) is 0 Å². The highest BCUT2D eigenvalue weighted by atomic mass is 32.2. The summed E-state index contributed by atoms with van der Waals surface area (Å²) < 4.78 is 44.6. The molecule has 38 heavy (non-hydrogen) atoms. The second-order valence-corrected chi connectivity index (χ2v) is 12.5. The van der Waals surface area contributed by atoms with Crippen molar-refractivity contribution in [2.75, 3.05) is 44.2 Å². The third kappa shape index (κ3) is 5.07. The molecule has 1 amide bonds. The minimum Gasteiger partial charge on any atom is -0.367 e. The van der Waals surface area contributed by atoms with E-state index in [4.69, 9.17) is 0 Å². The van der Waals surface area contributed by atoms with Crippen molar-refractivity contribution in [2.24, 2.45) is 11.8 Å². The van der Waals surface area contributed by atoms with Crippen LogP contribution in [0.2, 0.25) is 0 Å². The summed E-state index contributed by atoms with van der Waals surface area (Å²) in [5.41, 5.74) is 0.0544. The number of nitrogens with zero attached hydrogens (tertiary/aromatic N) is 4. The first-order chi connectivity index (χ1) is 18.1. The number of hydrogen-bond donors (Lipinski definition) is 0. The number of benzene rings is 2. The maximum absolute atomic E-state index is 14.3. The molecule has 2 aliphatic rings. The summed E-state index contributed by atoms with van der Waals surface area (Å²) in [4.78, 5) is 30.1. The average Bonchev–Trinajstić information content (AvgIpc) is 2.90. The molecular formula is C28H33FN4O4S. The van der Waals surface area contributed by atoms with E-state index in [0.29, 0.717) is 49.1 Å². The SMILES string of the molecule is CC1CC(C)CN(C(=O)Cn2cc(S(=O)(=O)N3CCN(c4ccccc4F)CC3)c3ccccc3c2=O)C1. The molecule has 202 valence electrons. The smallest absolute Gasteiger partial charge is 0.258 e. The molecule has 3 heterocycles. The topological polar surface area (TPSA) is 82.9 Å². The molecule has 2 aromatic carbocycles. The largest absolute Gasteiger partial charge is 0.367 e. The lowest BCUT2D eigenvalue weighted by Crippen LogP contribution is -2.49. The van der Waals surface area contributed by atoms with Crippen molar-refractivity contribution in [2.45, 2.75) is 31.7 Å². The van der Waals surface area contributed by atoms with Gasteiger partial charge in [0.2, 0.25) is 15.9 Å². The number of hydrogen-bond acceptors (Lipinski definition) is 5. The van der Waals surface area contributed by atoms with Crippen LogP contribution < -0.4 is 10.5 Å². The van der Waals surface area contributed by atoms with Gasteiger partial charge in [-0.1, -0.05) is 44.2 Å². The number of carbonyl (C=O) groups is 1. The molecule has 2 fully saturated rings. The van der Waals surface area contributed by atoms with Crippen LogP contribution in [0.25, 0.3) is 10.8 Å². The number of para-hydroxylation sites is 1. The number of amides is 1. The first-order valence-corrected chi connectivity index (χ1v) is 14.5. The summed E-state index contributed by atoms with van der Waals surface area (Å²) in [6.07, 6.45) is 2.37. The lowest BCUT2D eigenvalue weighted by molar-refractivity contribution is -0.134. The number of halogens is 1. The third-order valence-corrected chi connectivity index (χ3v) is 9.46. The zero-order valence-corrected chi connectivity index (χ0v) is 22.5. The van der Waals surface area contributed by atoms with Crippen LogP contribution in [0.5, 0.6) is 0 Å². The predicted octanol–water partition coefficient (Wildman–Crippen LogP) is 3.16. The molecule has 0 saturated carbocycles. The molecule has 0 spiro atoms. The Labute approximate surface area is 222 Å². The Morgan fingerprint density at radius 1 is 0.921 bits per heavy atom.